The molecule has 1 heterocycles. The highest BCUT2D eigenvalue weighted by Gasteiger charge is 2.20. The first-order chi connectivity index (χ1) is 6.17. The smallest absolute Gasteiger partial charge is 0.0213 e. The summed E-state index contributed by atoms with van der Waals surface area (Å²) in [4.78, 5) is 0. The van der Waals surface area contributed by atoms with E-state index in [9.17, 15) is 0 Å². The summed E-state index contributed by atoms with van der Waals surface area (Å²) in [5.74, 6) is 0. The first-order valence-electron chi connectivity index (χ1n) is 4.99. The van der Waals surface area contributed by atoms with Crippen molar-refractivity contribution in [2.45, 2.75) is 38.8 Å². The molecule has 0 bridgehead atoms. The second kappa shape index (κ2) is 3.15. The van der Waals surface area contributed by atoms with Crippen molar-refractivity contribution in [1.82, 2.24) is 5.32 Å². The quantitative estimate of drug-likeness (QED) is 0.639. The van der Waals surface area contributed by atoms with Crippen LogP contribution in [0.3, 0.4) is 0 Å². The second-order valence-corrected chi connectivity index (χ2v) is 4.51. The van der Waals surface area contributed by atoms with Crippen molar-refractivity contribution >= 4 is 0 Å². The van der Waals surface area contributed by atoms with Crippen molar-refractivity contribution < 1.29 is 0 Å². The number of aryl methyl sites for hydroxylation is 1. The van der Waals surface area contributed by atoms with E-state index in [2.05, 4.69) is 43.4 Å². The molecule has 0 saturated carbocycles. The standard InChI is InChI=1S/C12H17N/c1-12(2)8-7-10-5-3-4-6-11(10)9-13-12/h3-6,13H,7-9H2,1-2H3. The zero-order chi connectivity index (χ0) is 9.31. The zero-order valence-electron chi connectivity index (χ0n) is 8.43. The molecule has 1 aromatic carbocycles. The predicted molar refractivity (Wildman–Crippen MR) is 55.7 cm³/mol. The molecule has 0 radical (unpaired) electrons. The van der Waals surface area contributed by atoms with Crippen LogP contribution in [0.5, 0.6) is 0 Å². The lowest BCUT2D eigenvalue weighted by Gasteiger charge is -2.23. The van der Waals surface area contributed by atoms with Gasteiger partial charge in [0.1, 0.15) is 0 Å². The van der Waals surface area contributed by atoms with Gasteiger partial charge >= 0.3 is 0 Å². The molecule has 1 heteroatoms. The third kappa shape index (κ3) is 1.92. The second-order valence-electron chi connectivity index (χ2n) is 4.51. The molecule has 0 fully saturated rings. The molecule has 1 nitrogen and oxygen atoms in total. The van der Waals surface area contributed by atoms with Crippen LogP contribution in [0.15, 0.2) is 24.3 Å². The van der Waals surface area contributed by atoms with Gasteiger partial charge in [0.25, 0.3) is 0 Å². The van der Waals surface area contributed by atoms with Gasteiger partial charge in [-0.25, -0.2) is 0 Å². The molecule has 0 saturated heterocycles. The highest BCUT2D eigenvalue weighted by molar-refractivity contribution is 5.28. The summed E-state index contributed by atoms with van der Waals surface area (Å²) in [6, 6.07) is 8.73. The van der Waals surface area contributed by atoms with Gasteiger partial charge in [-0.15, -0.1) is 0 Å². The zero-order valence-corrected chi connectivity index (χ0v) is 8.43. The largest absolute Gasteiger partial charge is 0.308 e. The summed E-state index contributed by atoms with van der Waals surface area (Å²) in [7, 11) is 0. The van der Waals surface area contributed by atoms with Crippen molar-refractivity contribution in [3.8, 4) is 0 Å². The number of nitrogens with one attached hydrogen (secondary N) is 1. The summed E-state index contributed by atoms with van der Waals surface area (Å²) in [5, 5.41) is 3.58. The van der Waals surface area contributed by atoms with Gasteiger partial charge in [0.2, 0.25) is 0 Å². The number of hydrogen-bond donors (Lipinski definition) is 1. The molecule has 0 unspecified atom stereocenters. The van der Waals surface area contributed by atoms with Crippen molar-refractivity contribution in [1.29, 1.82) is 0 Å². The lowest BCUT2D eigenvalue weighted by molar-refractivity contribution is 0.372. The Morgan fingerprint density at radius 2 is 1.85 bits per heavy atom. The topological polar surface area (TPSA) is 12.0 Å². The maximum absolute atomic E-state index is 3.58. The minimum Gasteiger partial charge on any atom is -0.308 e. The van der Waals surface area contributed by atoms with Gasteiger partial charge in [-0.3, -0.25) is 0 Å². The Morgan fingerprint density at radius 1 is 1.15 bits per heavy atom. The first-order valence-corrected chi connectivity index (χ1v) is 4.99. The molecule has 0 amide bonds. The Balaban J connectivity index is 2.27. The van der Waals surface area contributed by atoms with E-state index < -0.39 is 0 Å². The third-order valence-corrected chi connectivity index (χ3v) is 2.90. The number of hydrogen-bond acceptors (Lipinski definition) is 1. The van der Waals surface area contributed by atoms with E-state index in [1.807, 2.05) is 0 Å². The highest BCUT2D eigenvalue weighted by Crippen LogP contribution is 2.21. The summed E-state index contributed by atoms with van der Waals surface area (Å²) in [6.45, 7) is 5.57. The molecule has 1 aromatic rings. The van der Waals surface area contributed by atoms with E-state index >= 15 is 0 Å². The number of fused-ring (bicyclic) bond motifs is 1. The Labute approximate surface area is 80.2 Å². The van der Waals surface area contributed by atoms with Crippen molar-refractivity contribution in [3.05, 3.63) is 35.4 Å². The van der Waals surface area contributed by atoms with Crippen LogP contribution in [0.4, 0.5) is 0 Å². The molecule has 0 aliphatic carbocycles. The molecule has 1 aliphatic heterocycles. The van der Waals surface area contributed by atoms with Crippen LogP contribution in [0.25, 0.3) is 0 Å². The fourth-order valence-electron chi connectivity index (χ4n) is 1.84. The maximum atomic E-state index is 3.58. The monoisotopic (exact) mass is 175 g/mol. The predicted octanol–water partition coefficient (Wildman–Crippen LogP) is 2.50. The molecule has 0 atom stereocenters. The van der Waals surface area contributed by atoms with Crippen molar-refractivity contribution in [3.63, 3.8) is 0 Å². The van der Waals surface area contributed by atoms with Gasteiger partial charge in [-0.1, -0.05) is 24.3 Å². The van der Waals surface area contributed by atoms with Gasteiger partial charge in [0.15, 0.2) is 0 Å². The first kappa shape index (κ1) is 8.76. The van der Waals surface area contributed by atoms with Crippen LogP contribution in [-0.4, -0.2) is 5.54 Å². The summed E-state index contributed by atoms with van der Waals surface area (Å²) in [5.41, 5.74) is 3.27. The summed E-state index contributed by atoms with van der Waals surface area (Å²) >= 11 is 0. The fourth-order valence-corrected chi connectivity index (χ4v) is 1.84. The average Bonchev–Trinajstić information content (AvgIpc) is 2.27. The van der Waals surface area contributed by atoms with Gasteiger partial charge in [-0.05, 0) is 37.8 Å². The fraction of sp³-hybridized carbons (Fsp3) is 0.500. The van der Waals surface area contributed by atoms with E-state index in [1.165, 1.54) is 24.0 Å². The minimum atomic E-state index is 0.291. The SMILES string of the molecule is CC1(C)CCc2ccccc2CN1. The number of rotatable bonds is 0. The molecule has 0 spiro atoms. The Kier molecular flexibility index (Phi) is 2.12. The maximum Gasteiger partial charge on any atom is 0.0213 e. The van der Waals surface area contributed by atoms with Gasteiger partial charge < -0.3 is 5.32 Å². The van der Waals surface area contributed by atoms with Crippen molar-refractivity contribution in [2.24, 2.45) is 0 Å². The highest BCUT2D eigenvalue weighted by atomic mass is 15.0. The summed E-state index contributed by atoms with van der Waals surface area (Å²) in [6.07, 6.45) is 2.43. The molecule has 1 N–H and O–H groups in total. The molecular weight excluding hydrogens is 158 g/mol. The Hall–Kier alpha value is -0.820. The molecule has 2 rings (SSSR count). The van der Waals surface area contributed by atoms with Crippen LogP contribution in [-0.2, 0) is 13.0 Å². The Morgan fingerprint density at radius 3 is 2.62 bits per heavy atom. The normalized spacial score (nSPS) is 20.5. The van der Waals surface area contributed by atoms with E-state index in [1.54, 1.807) is 0 Å². The lowest BCUT2D eigenvalue weighted by atomic mass is 9.97. The third-order valence-electron chi connectivity index (χ3n) is 2.90. The van der Waals surface area contributed by atoms with Gasteiger partial charge in [0, 0.05) is 12.1 Å². The average molecular weight is 175 g/mol. The Bertz CT molecular complexity index is 273. The molecular formula is C12H17N. The van der Waals surface area contributed by atoms with Crippen LogP contribution in [0.2, 0.25) is 0 Å². The molecule has 1 aliphatic rings. The molecule has 70 valence electrons. The van der Waals surface area contributed by atoms with Crippen molar-refractivity contribution in [2.75, 3.05) is 0 Å². The summed E-state index contributed by atoms with van der Waals surface area (Å²) < 4.78 is 0. The van der Waals surface area contributed by atoms with E-state index in [-0.39, 0.29) is 0 Å². The molecule has 13 heavy (non-hydrogen) atoms. The van der Waals surface area contributed by atoms with Gasteiger partial charge in [0.05, 0.1) is 0 Å². The minimum absolute atomic E-state index is 0.291. The van der Waals surface area contributed by atoms with Crippen LogP contribution < -0.4 is 5.32 Å². The van der Waals surface area contributed by atoms with Crippen LogP contribution >= 0.6 is 0 Å². The van der Waals surface area contributed by atoms with E-state index in [0.29, 0.717) is 5.54 Å². The van der Waals surface area contributed by atoms with Crippen LogP contribution in [0.1, 0.15) is 31.4 Å². The lowest BCUT2D eigenvalue weighted by Crippen LogP contribution is -2.37. The van der Waals surface area contributed by atoms with E-state index in [0.717, 1.165) is 6.54 Å². The van der Waals surface area contributed by atoms with Gasteiger partial charge in [-0.2, -0.15) is 0 Å². The molecule has 0 aromatic heterocycles. The van der Waals surface area contributed by atoms with Crippen LogP contribution in [0, 0.1) is 0 Å². The number of benzene rings is 1. The van der Waals surface area contributed by atoms with E-state index in [4.69, 9.17) is 0 Å².